The number of hydrogen-bond donors (Lipinski definition) is 0. The van der Waals surface area contributed by atoms with Gasteiger partial charge in [-0.25, -0.2) is 4.98 Å². The van der Waals surface area contributed by atoms with Crippen LogP contribution < -0.4 is 5.56 Å². The first-order valence-electron chi connectivity index (χ1n) is 8.33. The maximum atomic E-state index is 13.4. The number of thiophene rings is 1. The quantitative estimate of drug-likeness (QED) is 0.513. The normalized spacial score (nSPS) is 13.6. The van der Waals surface area contributed by atoms with E-state index in [1.54, 1.807) is 15.9 Å². The van der Waals surface area contributed by atoms with Crippen LogP contribution in [-0.4, -0.2) is 15.3 Å². The number of benzene rings is 1. The van der Waals surface area contributed by atoms with Crippen LogP contribution in [0.15, 0.2) is 34.2 Å². The van der Waals surface area contributed by atoms with E-state index >= 15 is 0 Å². The van der Waals surface area contributed by atoms with Crippen molar-refractivity contribution in [2.24, 2.45) is 0 Å². The van der Waals surface area contributed by atoms with Crippen LogP contribution in [0.5, 0.6) is 0 Å². The molecule has 0 saturated heterocycles. The van der Waals surface area contributed by atoms with Crippen molar-refractivity contribution in [3.63, 3.8) is 0 Å². The lowest BCUT2D eigenvalue weighted by Gasteiger charge is -2.13. The van der Waals surface area contributed by atoms with Gasteiger partial charge in [-0.1, -0.05) is 29.5 Å². The molecule has 0 aliphatic heterocycles. The molecule has 0 fully saturated rings. The molecule has 2 heterocycles. The van der Waals surface area contributed by atoms with Crippen molar-refractivity contribution in [1.82, 2.24) is 9.55 Å². The molecule has 0 amide bonds. The van der Waals surface area contributed by atoms with Crippen molar-refractivity contribution >= 4 is 33.3 Å². The summed E-state index contributed by atoms with van der Waals surface area (Å²) in [6, 6.07) is 10.0. The third-order valence-electron chi connectivity index (χ3n) is 4.52. The second kappa shape index (κ2) is 6.66. The van der Waals surface area contributed by atoms with Gasteiger partial charge >= 0.3 is 0 Å². The van der Waals surface area contributed by atoms with Crippen LogP contribution in [0.25, 0.3) is 15.9 Å². The van der Waals surface area contributed by atoms with E-state index in [1.165, 1.54) is 28.6 Å². The Morgan fingerprint density at radius 1 is 1.28 bits per heavy atom. The molecule has 6 heteroatoms. The average molecular weight is 367 g/mol. The molecule has 1 aliphatic rings. The van der Waals surface area contributed by atoms with Gasteiger partial charge in [-0.15, -0.1) is 11.3 Å². The summed E-state index contributed by atoms with van der Waals surface area (Å²) < 4.78 is 1.67. The van der Waals surface area contributed by atoms with Gasteiger partial charge in [0.25, 0.3) is 5.56 Å². The molecule has 0 N–H and O–H groups in total. The zero-order chi connectivity index (χ0) is 17.4. The van der Waals surface area contributed by atoms with E-state index in [4.69, 9.17) is 10.2 Å². The Bertz CT molecular complexity index is 1040. The number of thioether (sulfide) groups is 1. The number of aromatic nitrogens is 2. The SMILES string of the molecule is Cc1ccc(-n2c(SCC#N)nc3sc4c(c3c2=O)CCCC4)cc1. The summed E-state index contributed by atoms with van der Waals surface area (Å²) in [5.74, 6) is 0.273. The van der Waals surface area contributed by atoms with Crippen molar-refractivity contribution in [2.75, 3.05) is 5.75 Å². The summed E-state index contributed by atoms with van der Waals surface area (Å²) in [6.45, 7) is 2.02. The van der Waals surface area contributed by atoms with Crippen molar-refractivity contribution in [2.45, 2.75) is 37.8 Å². The molecule has 25 heavy (non-hydrogen) atoms. The molecule has 0 atom stereocenters. The highest BCUT2D eigenvalue weighted by Crippen LogP contribution is 2.35. The van der Waals surface area contributed by atoms with Gasteiger partial charge < -0.3 is 0 Å². The van der Waals surface area contributed by atoms with E-state index in [9.17, 15) is 4.79 Å². The lowest BCUT2D eigenvalue weighted by atomic mass is 9.97. The van der Waals surface area contributed by atoms with E-state index < -0.39 is 0 Å². The van der Waals surface area contributed by atoms with Crippen molar-refractivity contribution in [3.05, 3.63) is 50.6 Å². The molecule has 1 aliphatic carbocycles. The first kappa shape index (κ1) is 16.4. The van der Waals surface area contributed by atoms with Crippen LogP contribution in [0.4, 0.5) is 0 Å². The highest BCUT2D eigenvalue weighted by molar-refractivity contribution is 7.99. The fourth-order valence-electron chi connectivity index (χ4n) is 3.30. The molecule has 4 rings (SSSR count). The zero-order valence-electron chi connectivity index (χ0n) is 13.9. The molecule has 3 aromatic rings. The van der Waals surface area contributed by atoms with Gasteiger partial charge in [0.2, 0.25) is 0 Å². The Hall–Kier alpha value is -2.10. The Balaban J connectivity index is 2.00. The Labute approximate surface area is 154 Å². The molecule has 0 spiro atoms. The first-order valence-corrected chi connectivity index (χ1v) is 10.1. The van der Waals surface area contributed by atoms with Crippen LogP contribution in [0.3, 0.4) is 0 Å². The summed E-state index contributed by atoms with van der Waals surface area (Å²) in [5.41, 5.74) is 3.14. The Kier molecular flexibility index (Phi) is 4.36. The van der Waals surface area contributed by atoms with E-state index in [2.05, 4.69) is 6.07 Å². The summed E-state index contributed by atoms with van der Waals surface area (Å²) in [5, 5.41) is 10.3. The van der Waals surface area contributed by atoms with Gasteiger partial charge in [0.15, 0.2) is 5.16 Å². The fraction of sp³-hybridized carbons (Fsp3) is 0.316. The number of hydrogen-bond acceptors (Lipinski definition) is 5. The first-order chi connectivity index (χ1) is 12.2. The topological polar surface area (TPSA) is 58.7 Å². The average Bonchev–Trinajstić information content (AvgIpc) is 2.99. The number of fused-ring (bicyclic) bond motifs is 3. The number of rotatable bonds is 3. The third kappa shape index (κ3) is 2.88. The summed E-state index contributed by atoms with van der Waals surface area (Å²) in [4.78, 5) is 20.3. The van der Waals surface area contributed by atoms with Gasteiger partial charge in [-0.2, -0.15) is 5.26 Å². The standard InChI is InChI=1S/C19H17N3OS2/c1-12-6-8-13(9-7-12)22-18(23)16-14-4-2-3-5-15(14)25-17(16)21-19(22)24-11-10-20/h6-9H,2-5,11H2,1H3. The monoisotopic (exact) mass is 367 g/mol. The smallest absolute Gasteiger partial charge is 0.267 e. The minimum atomic E-state index is -0.00584. The summed E-state index contributed by atoms with van der Waals surface area (Å²) in [6.07, 6.45) is 4.32. The molecule has 2 aromatic heterocycles. The maximum Gasteiger partial charge on any atom is 0.267 e. The molecule has 0 unspecified atom stereocenters. The van der Waals surface area contributed by atoms with E-state index in [-0.39, 0.29) is 11.3 Å². The lowest BCUT2D eigenvalue weighted by molar-refractivity contribution is 0.699. The van der Waals surface area contributed by atoms with Gasteiger partial charge in [-0.05, 0) is 50.3 Å². The summed E-state index contributed by atoms with van der Waals surface area (Å²) >= 11 is 2.97. The van der Waals surface area contributed by atoms with Gasteiger partial charge in [0, 0.05) is 4.88 Å². The van der Waals surface area contributed by atoms with Gasteiger partial charge in [0.1, 0.15) is 4.83 Å². The van der Waals surface area contributed by atoms with Crippen molar-refractivity contribution in [3.8, 4) is 11.8 Å². The number of aryl methyl sites for hydroxylation is 3. The second-order valence-electron chi connectivity index (χ2n) is 6.21. The molecular formula is C19H17N3OS2. The molecule has 1 aromatic carbocycles. The summed E-state index contributed by atoms with van der Waals surface area (Å²) in [7, 11) is 0. The Morgan fingerprint density at radius 3 is 2.80 bits per heavy atom. The van der Waals surface area contributed by atoms with Crippen LogP contribution in [0.2, 0.25) is 0 Å². The van der Waals surface area contributed by atoms with Crippen LogP contribution in [0.1, 0.15) is 28.8 Å². The number of nitrogens with zero attached hydrogens (tertiary/aromatic N) is 3. The lowest BCUT2D eigenvalue weighted by Crippen LogP contribution is -2.22. The third-order valence-corrected chi connectivity index (χ3v) is 6.51. The van der Waals surface area contributed by atoms with E-state index in [0.29, 0.717) is 5.16 Å². The number of nitriles is 1. The minimum absolute atomic E-state index is 0.00584. The van der Waals surface area contributed by atoms with Gasteiger partial charge in [0.05, 0.1) is 22.9 Å². The van der Waals surface area contributed by atoms with E-state index in [0.717, 1.165) is 40.7 Å². The Morgan fingerprint density at radius 2 is 2.04 bits per heavy atom. The van der Waals surface area contributed by atoms with E-state index in [1.807, 2.05) is 31.2 Å². The van der Waals surface area contributed by atoms with Gasteiger partial charge in [-0.3, -0.25) is 9.36 Å². The van der Waals surface area contributed by atoms with Crippen LogP contribution >= 0.6 is 23.1 Å². The van der Waals surface area contributed by atoms with Crippen LogP contribution in [-0.2, 0) is 12.8 Å². The van der Waals surface area contributed by atoms with Crippen LogP contribution in [0, 0.1) is 18.3 Å². The molecule has 0 radical (unpaired) electrons. The largest absolute Gasteiger partial charge is 0.268 e. The molecule has 126 valence electrons. The molecule has 0 saturated carbocycles. The molecule has 4 nitrogen and oxygen atoms in total. The molecular weight excluding hydrogens is 350 g/mol. The molecule has 0 bridgehead atoms. The maximum absolute atomic E-state index is 13.4. The second-order valence-corrected chi connectivity index (χ2v) is 8.23. The zero-order valence-corrected chi connectivity index (χ0v) is 15.5. The fourth-order valence-corrected chi connectivity index (χ4v) is 5.28. The predicted octanol–water partition coefficient (Wildman–Crippen LogP) is 4.25. The minimum Gasteiger partial charge on any atom is -0.268 e. The van der Waals surface area contributed by atoms with Crippen molar-refractivity contribution < 1.29 is 0 Å². The van der Waals surface area contributed by atoms with Crippen molar-refractivity contribution in [1.29, 1.82) is 5.26 Å². The highest BCUT2D eigenvalue weighted by Gasteiger charge is 2.22. The predicted molar refractivity (Wildman–Crippen MR) is 103 cm³/mol. The highest BCUT2D eigenvalue weighted by atomic mass is 32.2.